The van der Waals surface area contributed by atoms with E-state index in [1.54, 1.807) is 24.2 Å². The third kappa shape index (κ3) is 4.52. The normalized spacial score (nSPS) is 13.6. The predicted octanol–water partition coefficient (Wildman–Crippen LogP) is 4.27. The standard InChI is InChI=1S/C25H21N3O5S3/c1-28-15-18-11-16(7-8-20(18)25(28)29)21-9-10-22(34-21)17-12-19(14-26-13-17)27-36(32,33)24-6-4-3-5-23(24)35(2,30)31/h3-14,27H,15H2,1-2H3. The monoisotopic (exact) mass is 539 g/mol. The molecule has 1 amide bonds. The summed E-state index contributed by atoms with van der Waals surface area (Å²) in [6.45, 7) is 0.578. The van der Waals surface area contributed by atoms with Crippen LogP contribution in [0.3, 0.4) is 0 Å². The van der Waals surface area contributed by atoms with E-state index < -0.39 is 19.9 Å². The van der Waals surface area contributed by atoms with Crippen LogP contribution in [0, 0.1) is 0 Å². The molecule has 0 spiro atoms. The van der Waals surface area contributed by atoms with E-state index in [0.717, 1.165) is 32.7 Å². The van der Waals surface area contributed by atoms with Gasteiger partial charge in [-0.25, -0.2) is 16.8 Å². The lowest BCUT2D eigenvalue weighted by Crippen LogP contribution is -2.17. The van der Waals surface area contributed by atoms with Crippen molar-refractivity contribution in [2.45, 2.75) is 16.3 Å². The predicted molar refractivity (Wildman–Crippen MR) is 139 cm³/mol. The van der Waals surface area contributed by atoms with Gasteiger partial charge in [-0.05, 0) is 53.6 Å². The zero-order valence-corrected chi connectivity index (χ0v) is 21.7. The highest BCUT2D eigenvalue weighted by molar-refractivity contribution is 7.95. The number of sulfonamides is 1. The number of carbonyl (C=O) groups excluding carboxylic acids is 1. The summed E-state index contributed by atoms with van der Waals surface area (Å²) in [5.74, 6) is 0.0212. The number of sulfone groups is 1. The number of fused-ring (bicyclic) bond motifs is 1. The third-order valence-corrected chi connectivity index (χ3v) is 9.70. The molecule has 2 aromatic carbocycles. The van der Waals surface area contributed by atoms with E-state index in [1.807, 2.05) is 30.3 Å². The SMILES string of the molecule is CN1Cc2cc(-c3ccc(-c4cncc(NS(=O)(=O)c5ccccc5S(C)(=O)=O)c4)s3)ccc2C1=O. The Morgan fingerprint density at radius 2 is 1.58 bits per heavy atom. The summed E-state index contributed by atoms with van der Waals surface area (Å²) in [6, 6.07) is 16.8. The van der Waals surface area contributed by atoms with Gasteiger partial charge in [-0.3, -0.25) is 14.5 Å². The van der Waals surface area contributed by atoms with Gasteiger partial charge >= 0.3 is 0 Å². The topological polar surface area (TPSA) is 114 Å². The van der Waals surface area contributed by atoms with E-state index in [2.05, 4.69) is 9.71 Å². The Hall–Kier alpha value is -3.54. The van der Waals surface area contributed by atoms with Crippen molar-refractivity contribution in [2.24, 2.45) is 0 Å². The molecular formula is C25H21N3O5S3. The molecule has 0 fully saturated rings. The van der Waals surface area contributed by atoms with E-state index in [1.165, 1.54) is 41.8 Å². The molecule has 0 aliphatic carbocycles. The van der Waals surface area contributed by atoms with E-state index in [0.29, 0.717) is 12.1 Å². The molecule has 4 aromatic rings. The maximum absolute atomic E-state index is 13.0. The first kappa shape index (κ1) is 24.2. The average molecular weight is 540 g/mol. The second-order valence-corrected chi connectivity index (χ2v) is 13.2. The van der Waals surface area contributed by atoms with Crippen LogP contribution in [0.1, 0.15) is 15.9 Å². The molecule has 0 saturated carbocycles. The largest absolute Gasteiger partial charge is 0.337 e. The number of nitrogens with zero attached hydrogens (tertiary/aromatic N) is 2. The van der Waals surface area contributed by atoms with Crippen molar-refractivity contribution in [3.8, 4) is 20.9 Å². The number of amides is 1. The van der Waals surface area contributed by atoms with Crippen molar-refractivity contribution in [1.82, 2.24) is 9.88 Å². The van der Waals surface area contributed by atoms with Crippen molar-refractivity contribution in [3.05, 3.63) is 84.2 Å². The van der Waals surface area contributed by atoms with Crippen molar-refractivity contribution in [2.75, 3.05) is 18.0 Å². The second kappa shape index (κ2) is 8.84. The summed E-state index contributed by atoms with van der Waals surface area (Å²) in [6.07, 6.45) is 3.97. The van der Waals surface area contributed by atoms with Crippen molar-refractivity contribution >= 4 is 42.8 Å². The van der Waals surface area contributed by atoms with E-state index in [-0.39, 0.29) is 21.4 Å². The Bertz CT molecular complexity index is 1730. The van der Waals surface area contributed by atoms with Crippen LogP contribution in [0.5, 0.6) is 0 Å². The Morgan fingerprint density at radius 3 is 2.31 bits per heavy atom. The van der Waals surface area contributed by atoms with Gasteiger partial charge in [-0.15, -0.1) is 11.3 Å². The molecular weight excluding hydrogens is 518 g/mol. The Balaban J connectivity index is 1.43. The molecule has 0 radical (unpaired) electrons. The average Bonchev–Trinajstić information content (AvgIpc) is 3.43. The van der Waals surface area contributed by atoms with E-state index in [4.69, 9.17) is 0 Å². The maximum atomic E-state index is 13.0. The molecule has 3 heterocycles. The zero-order valence-electron chi connectivity index (χ0n) is 19.3. The molecule has 0 bridgehead atoms. The lowest BCUT2D eigenvalue weighted by molar-refractivity contribution is 0.0816. The van der Waals surface area contributed by atoms with Gasteiger partial charge in [0.2, 0.25) is 0 Å². The van der Waals surface area contributed by atoms with Crippen LogP contribution in [0.15, 0.2) is 82.8 Å². The number of thiophene rings is 1. The number of nitrogens with one attached hydrogen (secondary N) is 1. The first-order valence-corrected chi connectivity index (χ1v) is 15.0. The van der Waals surface area contributed by atoms with Gasteiger partial charge in [0.05, 0.1) is 16.8 Å². The van der Waals surface area contributed by atoms with Crippen LogP contribution < -0.4 is 4.72 Å². The highest BCUT2D eigenvalue weighted by Crippen LogP contribution is 2.37. The Kier molecular flexibility index (Phi) is 5.93. The van der Waals surface area contributed by atoms with Crippen LogP contribution in [-0.4, -0.2) is 45.9 Å². The molecule has 1 aliphatic heterocycles. The first-order valence-electron chi connectivity index (χ1n) is 10.8. The van der Waals surface area contributed by atoms with Crippen LogP contribution >= 0.6 is 11.3 Å². The second-order valence-electron chi connectivity index (χ2n) is 8.48. The van der Waals surface area contributed by atoms with Crippen molar-refractivity contribution < 1.29 is 21.6 Å². The molecule has 184 valence electrons. The number of rotatable bonds is 6. The molecule has 11 heteroatoms. The number of aromatic nitrogens is 1. The third-order valence-electron chi connectivity index (χ3n) is 5.79. The number of anilines is 1. The summed E-state index contributed by atoms with van der Waals surface area (Å²) in [4.78, 5) is 19.3. The molecule has 36 heavy (non-hydrogen) atoms. The smallest absolute Gasteiger partial charge is 0.263 e. The van der Waals surface area contributed by atoms with Gasteiger partial charge in [0.15, 0.2) is 9.84 Å². The van der Waals surface area contributed by atoms with Gasteiger partial charge in [0.1, 0.15) is 4.90 Å². The highest BCUT2D eigenvalue weighted by atomic mass is 32.2. The zero-order chi connectivity index (χ0) is 25.7. The van der Waals surface area contributed by atoms with E-state index in [9.17, 15) is 21.6 Å². The lowest BCUT2D eigenvalue weighted by atomic mass is 10.1. The molecule has 5 rings (SSSR count). The number of benzene rings is 2. The molecule has 0 unspecified atom stereocenters. The number of hydrogen-bond acceptors (Lipinski definition) is 7. The van der Waals surface area contributed by atoms with Crippen molar-refractivity contribution in [3.63, 3.8) is 0 Å². The van der Waals surface area contributed by atoms with Gasteiger partial charge in [-0.1, -0.05) is 18.2 Å². The minimum atomic E-state index is -4.18. The molecule has 0 atom stereocenters. The fraction of sp³-hybridized carbons (Fsp3) is 0.120. The Morgan fingerprint density at radius 1 is 0.889 bits per heavy atom. The number of hydrogen-bond donors (Lipinski definition) is 1. The summed E-state index contributed by atoms with van der Waals surface area (Å²) in [7, 11) is -6.15. The van der Waals surface area contributed by atoms with Crippen molar-refractivity contribution in [1.29, 1.82) is 0 Å². The number of carbonyl (C=O) groups is 1. The van der Waals surface area contributed by atoms with Crippen LogP contribution in [0.2, 0.25) is 0 Å². The summed E-state index contributed by atoms with van der Waals surface area (Å²) >= 11 is 1.52. The maximum Gasteiger partial charge on any atom is 0.263 e. The molecule has 1 aliphatic rings. The minimum absolute atomic E-state index is 0.0212. The van der Waals surface area contributed by atoms with Gasteiger partial charge in [0, 0.05) is 46.9 Å². The van der Waals surface area contributed by atoms with Gasteiger partial charge in [0.25, 0.3) is 15.9 Å². The quantitative estimate of drug-likeness (QED) is 0.392. The van der Waals surface area contributed by atoms with Crippen LogP contribution in [0.4, 0.5) is 5.69 Å². The number of pyridine rings is 1. The molecule has 0 saturated heterocycles. The fourth-order valence-corrected chi connectivity index (χ4v) is 7.74. The fourth-order valence-electron chi connectivity index (χ4n) is 4.09. The molecule has 1 N–H and O–H groups in total. The summed E-state index contributed by atoms with van der Waals surface area (Å²) in [5, 5.41) is 0. The molecule has 2 aromatic heterocycles. The minimum Gasteiger partial charge on any atom is -0.337 e. The summed E-state index contributed by atoms with van der Waals surface area (Å²) in [5.41, 5.74) is 3.63. The van der Waals surface area contributed by atoms with Gasteiger partial charge in [-0.2, -0.15) is 0 Å². The Labute approximate surface area is 213 Å². The van der Waals surface area contributed by atoms with E-state index >= 15 is 0 Å². The summed E-state index contributed by atoms with van der Waals surface area (Å²) < 4.78 is 52.6. The van der Waals surface area contributed by atoms with Gasteiger partial charge < -0.3 is 4.90 Å². The lowest BCUT2D eigenvalue weighted by Gasteiger charge is -2.11. The van der Waals surface area contributed by atoms with Crippen LogP contribution in [0.25, 0.3) is 20.9 Å². The highest BCUT2D eigenvalue weighted by Gasteiger charge is 2.25. The first-order chi connectivity index (χ1) is 17.0. The molecule has 8 nitrogen and oxygen atoms in total. The van der Waals surface area contributed by atoms with Crippen LogP contribution in [-0.2, 0) is 26.4 Å².